The van der Waals surface area contributed by atoms with Gasteiger partial charge in [0.15, 0.2) is 11.5 Å². The molecule has 94 valence electrons. The third kappa shape index (κ3) is 2.69. The highest BCUT2D eigenvalue weighted by Crippen LogP contribution is 2.44. The monoisotopic (exact) mass is 248 g/mol. The molecule has 6 heteroatoms. The molecule has 0 saturated heterocycles. The molecule has 0 radical (unpaired) electrons. The highest BCUT2D eigenvalue weighted by molar-refractivity contribution is 5.56. The molecule has 0 aliphatic carbocycles. The summed E-state index contributed by atoms with van der Waals surface area (Å²) in [6, 6.07) is 1.75. The van der Waals surface area contributed by atoms with Gasteiger partial charge >= 0.3 is 6.18 Å². The van der Waals surface area contributed by atoms with Gasteiger partial charge < -0.3 is 15.0 Å². The van der Waals surface area contributed by atoms with Gasteiger partial charge in [-0.05, 0) is 12.0 Å². The van der Waals surface area contributed by atoms with Gasteiger partial charge in [0.05, 0.1) is 0 Å². The summed E-state index contributed by atoms with van der Waals surface area (Å²) in [6.07, 6.45) is -4.08. The normalized spacial score (nSPS) is 13.4. The molecule has 1 unspecified atom stereocenters. The summed E-state index contributed by atoms with van der Waals surface area (Å²) < 4.78 is 37.1. The molecule has 0 saturated carbocycles. The van der Waals surface area contributed by atoms with Crippen LogP contribution in [0.4, 0.5) is 13.2 Å². The fraction of sp³-hybridized carbons (Fsp3) is 0.364. The minimum absolute atomic E-state index is 0.0539. The highest BCUT2D eigenvalue weighted by atomic mass is 19.4. The Morgan fingerprint density at radius 3 is 2.35 bits per heavy atom. The van der Waals surface area contributed by atoms with E-state index in [4.69, 9.17) is 0 Å². The Hall–Kier alpha value is -1.72. The van der Waals surface area contributed by atoms with Crippen LogP contribution in [0, 0.1) is 0 Å². The number of rotatable bonds is 3. The van der Waals surface area contributed by atoms with Gasteiger partial charge in [-0.25, -0.2) is 0 Å². The van der Waals surface area contributed by atoms with Gasteiger partial charge in [-0.15, -0.1) is 0 Å². The first kappa shape index (κ1) is 13.3. The minimum atomic E-state index is -4.73. The lowest BCUT2D eigenvalue weighted by molar-refractivity contribution is -0.139. The van der Waals surface area contributed by atoms with Crippen molar-refractivity contribution in [3.05, 3.63) is 23.3 Å². The number of halogens is 3. The number of carbonyl (C=O) groups excluding carboxylic acids is 1. The van der Waals surface area contributed by atoms with E-state index in [1.54, 1.807) is 6.92 Å². The van der Waals surface area contributed by atoms with E-state index in [1.165, 1.54) is 0 Å². The molecule has 0 aliphatic heterocycles. The van der Waals surface area contributed by atoms with Gasteiger partial charge in [0.2, 0.25) is 0 Å². The average molecular weight is 248 g/mol. The molecule has 1 rings (SSSR count). The lowest BCUT2D eigenvalue weighted by Gasteiger charge is -2.15. The van der Waals surface area contributed by atoms with Gasteiger partial charge in [0, 0.05) is 12.0 Å². The van der Waals surface area contributed by atoms with Crippen LogP contribution in [0.5, 0.6) is 11.5 Å². The zero-order valence-electron chi connectivity index (χ0n) is 8.95. The third-order valence-electron chi connectivity index (χ3n) is 2.47. The van der Waals surface area contributed by atoms with Crippen molar-refractivity contribution in [1.29, 1.82) is 0 Å². The predicted octanol–water partition coefficient (Wildman–Crippen LogP) is 2.81. The molecule has 0 amide bonds. The maximum atomic E-state index is 12.4. The molecule has 1 aromatic rings. The number of phenolic OH excluding ortho intramolecular Hbond substituents is 2. The first-order valence-corrected chi connectivity index (χ1v) is 4.84. The second-order valence-electron chi connectivity index (χ2n) is 3.70. The Morgan fingerprint density at radius 1 is 1.29 bits per heavy atom. The fourth-order valence-electron chi connectivity index (χ4n) is 1.49. The first-order chi connectivity index (χ1) is 7.79. The van der Waals surface area contributed by atoms with Crippen LogP contribution in [0.3, 0.4) is 0 Å². The Morgan fingerprint density at radius 2 is 1.88 bits per heavy atom. The number of benzene rings is 1. The number of phenols is 2. The lowest BCUT2D eigenvalue weighted by atomic mass is 9.95. The number of aldehydes is 1. The molecule has 3 nitrogen and oxygen atoms in total. The summed E-state index contributed by atoms with van der Waals surface area (Å²) in [7, 11) is 0. The van der Waals surface area contributed by atoms with E-state index >= 15 is 0 Å². The molecule has 2 N–H and O–H groups in total. The highest BCUT2D eigenvalue weighted by Gasteiger charge is 2.35. The topological polar surface area (TPSA) is 57.5 Å². The zero-order valence-corrected chi connectivity index (χ0v) is 8.95. The SMILES string of the molecule is CC(CC=O)c1ccc(C(F)(F)F)c(O)c1O. The molecule has 1 aromatic carbocycles. The summed E-state index contributed by atoms with van der Waals surface area (Å²) in [6.45, 7) is 1.57. The van der Waals surface area contributed by atoms with E-state index < -0.39 is 29.2 Å². The number of hydrogen-bond donors (Lipinski definition) is 2. The van der Waals surface area contributed by atoms with Crippen LogP contribution in [0.2, 0.25) is 0 Å². The maximum absolute atomic E-state index is 12.4. The quantitative estimate of drug-likeness (QED) is 0.638. The number of alkyl halides is 3. The van der Waals surface area contributed by atoms with Crippen LogP contribution in [0.1, 0.15) is 30.4 Å². The largest absolute Gasteiger partial charge is 0.504 e. The Bertz CT molecular complexity index is 427. The lowest BCUT2D eigenvalue weighted by Crippen LogP contribution is -2.06. The van der Waals surface area contributed by atoms with E-state index in [2.05, 4.69) is 0 Å². The van der Waals surface area contributed by atoms with Crippen molar-refractivity contribution in [3.8, 4) is 11.5 Å². The molecular formula is C11H11F3O3. The second-order valence-corrected chi connectivity index (χ2v) is 3.70. The Labute approximate surface area is 95.5 Å². The number of carbonyl (C=O) groups is 1. The van der Waals surface area contributed by atoms with Crippen molar-refractivity contribution in [2.75, 3.05) is 0 Å². The molecule has 0 aromatic heterocycles. The van der Waals surface area contributed by atoms with Crippen LogP contribution in [-0.2, 0) is 11.0 Å². The van der Waals surface area contributed by atoms with Crippen molar-refractivity contribution in [1.82, 2.24) is 0 Å². The van der Waals surface area contributed by atoms with Gasteiger partial charge in [-0.2, -0.15) is 13.2 Å². The van der Waals surface area contributed by atoms with E-state index in [9.17, 15) is 28.2 Å². The fourth-order valence-corrected chi connectivity index (χ4v) is 1.49. The Kier molecular flexibility index (Phi) is 3.65. The molecule has 0 fully saturated rings. The van der Waals surface area contributed by atoms with Crippen LogP contribution in [0.15, 0.2) is 12.1 Å². The van der Waals surface area contributed by atoms with Crippen molar-refractivity contribution in [2.24, 2.45) is 0 Å². The van der Waals surface area contributed by atoms with Gasteiger partial charge in [0.25, 0.3) is 0 Å². The third-order valence-corrected chi connectivity index (χ3v) is 2.47. The van der Waals surface area contributed by atoms with Crippen LogP contribution in [0.25, 0.3) is 0 Å². The second kappa shape index (κ2) is 4.65. The summed E-state index contributed by atoms with van der Waals surface area (Å²) in [5, 5.41) is 18.7. The smallest absolute Gasteiger partial charge is 0.420 e. The van der Waals surface area contributed by atoms with Crippen molar-refractivity contribution in [2.45, 2.75) is 25.4 Å². The van der Waals surface area contributed by atoms with Gasteiger partial charge in [0.1, 0.15) is 11.8 Å². The van der Waals surface area contributed by atoms with Crippen LogP contribution < -0.4 is 0 Å². The first-order valence-electron chi connectivity index (χ1n) is 4.84. The summed E-state index contributed by atoms with van der Waals surface area (Å²) in [4.78, 5) is 10.3. The summed E-state index contributed by atoms with van der Waals surface area (Å²) in [5.41, 5.74) is -1.18. The van der Waals surface area contributed by atoms with Gasteiger partial charge in [-0.3, -0.25) is 0 Å². The zero-order chi connectivity index (χ0) is 13.2. The summed E-state index contributed by atoms with van der Waals surface area (Å²) in [5.74, 6) is -2.48. The van der Waals surface area contributed by atoms with Crippen LogP contribution >= 0.6 is 0 Å². The molecule has 0 spiro atoms. The Balaban J connectivity index is 3.24. The molecule has 0 aliphatic rings. The standard InChI is InChI=1S/C11H11F3O3/c1-6(4-5-15)7-2-3-8(11(12,13)14)10(17)9(7)16/h2-3,5-6,16-17H,4H2,1H3. The maximum Gasteiger partial charge on any atom is 0.420 e. The summed E-state index contributed by atoms with van der Waals surface area (Å²) >= 11 is 0. The van der Waals surface area contributed by atoms with E-state index in [-0.39, 0.29) is 12.0 Å². The van der Waals surface area contributed by atoms with Gasteiger partial charge in [-0.1, -0.05) is 13.0 Å². The average Bonchev–Trinajstić information content (AvgIpc) is 2.20. The van der Waals surface area contributed by atoms with E-state index in [0.717, 1.165) is 6.07 Å². The van der Waals surface area contributed by atoms with Crippen LogP contribution in [-0.4, -0.2) is 16.5 Å². The number of aromatic hydroxyl groups is 2. The molecule has 0 bridgehead atoms. The number of hydrogen-bond acceptors (Lipinski definition) is 3. The van der Waals surface area contributed by atoms with E-state index in [1.807, 2.05) is 0 Å². The molecule has 17 heavy (non-hydrogen) atoms. The van der Waals surface area contributed by atoms with Crippen molar-refractivity contribution in [3.63, 3.8) is 0 Å². The van der Waals surface area contributed by atoms with E-state index in [0.29, 0.717) is 12.4 Å². The molecular weight excluding hydrogens is 237 g/mol. The minimum Gasteiger partial charge on any atom is -0.504 e. The van der Waals surface area contributed by atoms with Crippen molar-refractivity contribution < 1.29 is 28.2 Å². The van der Waals surface area contributed by atoms with Crippen molar-refractivity contribution >= 4 is 6.29 Å². The predicted molar refractivity (Wildman–Crippen MR) is 53.9 cm³/mol. The molecule has 0 heterocycles. The molecule has 1 atom stereocenters.